The predicted molar refractivity (Wildman–Crippen MR) is 119 cm³/mol. The highest BCUT2D eigenvalue weighted by molar-refractivity contribution is 7.99. The average Bonchev–Trinajstić information content (AvgIpc) is 3.14. The summed E-state index contributed by atoms with van der Waals surface area (Å²) in [6, 6.07) is 6.88. The molecule has 37 heavy (non-hydrogen) atoms. The first kappa shape index (κ1) is 29.0. The molecule has 3 aromatic rings. The lowest BCUT2D eigenvalue weighted by Gasteiger charge is -2.35. The summed E-state index contributed by atoms with van der Waals surface area (Å²) in [4.78, 5) is 31.9. The van der Waals surface area contributed by atoms with Crippen LogP contribution in [-0.4, -0.2) is 60.7 Å². The van der Waals surface area contributed by atoms with Crippen molar-refractivity contribution < 1.29 is 50.2 Å². The average molecular weight is 575 g/mol. The molecular formula is C19H20F6N5O5PS. The van der Waals surface area contributed by atoms with Crippen LogP contribution in [-0.2, 0) is 15.8 Å². The zero-order chi connectivity index (χ0) is 27.6. The molecule has 0 amide bonds. The summed E-state index contributed by atoms with van der Waals surface area (Å²) in [5.41, 5.74) is 6.07. The number of hydrogen-bond acceptors (Lipinski definition) is 8. The maximum Gasteiger partial charge on any atom is 0.392 e. The minimum atomic E-state index is -6.06. The number of nitrogens with zero attached hydrogens (tertiary/aromatic N) is 4. The second-order valence-corrected chi connectivity index (χ2v) is 10.7. The fraction of sp³-hybridized carbons (Fsp3) is 0.421. The van der Waals surface area contributed by atoms with Crippen LogP contribution >= 0.6 is 19.4 Å². The molecule has 204 valence electrons. The number of aromatic nitrogens is 4. The van der Waals surface area contributed by atoms with Crippen LogP contribution in [0, 0.1) is 0 Å². The van der Waals surface area contributed by atoms with Gasteiger partial charge in [-0.25, -0.2) is 9.97 Å². The molecule has 0 aliphatic heterocycles. The lowest BCUT2D eigenvalue weighted by molar-refractivity contribution is -0.211. The first-order chi connectivity index (χ1) is 17.0. The molecule has 4 N–H and O–H groups in total. The van der Waals surface area contributed by atoms with E-state index in [1.165, 1.54) is 18.0 Å². The Bertz CT molecular complexity index is 1270. The quantitative estimate of drug-likeness (QED) is 0.181. The Kier molecular flexibility index (Phi) is 8.34. The van der Waals surface area contributed by atoms with E-state index in [4.69, 9.17) is 15.2 Å². The number of ether oxygens (including phenoxy) is 2. The van der Waals surface area contributed by atoms with Crippen LogP contribution < -0.4 is 10.5 Å². The Balaban J connectivity index is 1.86. The molecule has 1 aromatic carbocycles. The Labute approximate surface area is 209 Å². The molecule has 0 aliphatic rings. The van der Waals surface area contributed by atoms with Crippen molar-refractivity contribution in [2.24, 2.45) is 0 Å². The molecule has 0 spiro atoms. The number of nitrogen functional groups attached to an aromatic ring is 1. The van der Waals surface area contributed by atoms with E-state index in [2.05, 4.69) is 15.0 Å². The van der Waals surface area contributed by atoms with Gasteiger partial charge in [0.05, 0.1) is 32.9 Å². The minimum Gasteiger partial charge on any atom is -0.497 e. The molecular weight excluding hydrogens is 555 g/mol. The van der Waals surface area contributed by atoms with Crippen molar-refractivity contribution in [3.63, 3.8) is 0 Å². The minimum absolute atomic E-state index is 0.0838. The highest BCUT2D eigenvalue weighted by Crippen LogP contribution is 2.60. The molecule has 18 heteroatoms. The highest BCUT2D eigenvalue weighted by Gasteiger charge is 2.59. The van der Waals surface area contributed by atoms with Crippen LogP contribution in [0.25, 0.3) is 11.2 Å². The lowest BCUT2D eigenvalue weighted by Crippen LogP contribution is -2.42. The van der Waals surface area contributed by atoms with Crippen molar-refractivity contribution >= 4 is 36.5 Å². The number of nitrogens with two attached hydrogens (primary N) is 1. The van der Waals surface area contributed by atoms with Crippen LogP contribution in [0.1, 0.15) is 12.8 Å². The Morgan fingerprint density at radius 3 is 2.16 bits per heavy atom. The Morgan fingerprint density at radius 2 is 1.65 bits per heavy atom. The summed E-state index contributed by atoms with van der Waals surface area (Å²) in [5, 5.41) is -3.55. The second-order valence-electron chi connectivity index (χ2n) is 7.70. The first-order valence-corrected chi connectivity index (χ1v) is 12.6. The fourth-order valence-electron chi connectivity index (χ4n) is 3.34. The van der Waals surface area contributed by atoms with E-state index in [-0.39, 0.29) is 17.1 Å². The van der Waals surface area contributed by atoms with Gasteiger partial charge in [0.2, 0.25) is 5.95 Å². The van der Waals surface area contributed by atoms with E-state index >= 15 is 0 Å². The van der Waals surface area contributed by atoms with Crippen molar-refractivity contribution in [2.75, 3.05) is 19.5 Å². The van der Waals surface area contributed by atoms with Crippen molar-refractivity contribution in [2.45, 2.75) is 47.0 Å². The zero-order valence-corrected chi connectivity index (χ0v) is 20.5. The van der Waals surface area contributed by atoms with E-state index in [0.29, 0.717) is 10.8 Å². The van der Waals surface area contributed by atoms with E-state index in [9.17, 15) is 40.7 Å². The van der Waals surface area contributed by atoms with Crippen molar-refractivity contribution in [1.29, 1.82) is 0 Å². The molecule has 10 nitrogen and oxygen atoms in total. The number of anilines is 1. The maximum atomic E-state index is 13.0. The molecule has 0 radical (unpaired) electrons. The lowest BCUT2D eigenvalue weighted by atomic mass is 10.1. The van der Waals surface area contributed by atoms with Gasteiger partial charge in [-0.3, -0.25) is 4.57 Å². The Hall–Kier alpha value is -2.59. The number of halogens is 6. The zero-order valence-electron chi connectivity index (χ0n) is 18.8. The standard InChI is InChI=1S/C19H20F6N5O5PS/c1-34-11-2-4-12(5-3-11)37-15-13-14(28-16(26)29-15)30(10-27-13)6-7-35-17(36(31,32)33,8-18(20,21)22)9-19(23,24)25/h2-5,10H,6-9H2,1H3,(H2,26,28,29)(H2,31,32,33). The predicted octanol–water partition coefficient (Wildman–Crippen LogP) is 4.36. The number of rotatable bonds is 10. The van der Waals surface area contributed by atoms with Crippen molar-refractivity contribution in [3.8, 4) is 5.75 Å². The largest absolute Gasteiger partial charge is 0.497 e. The number of benzene rings is 1. The second kappa shape index (κ2) is 10.6. The fourth-order valence-corrected chi connectivity index (χ4v) is 5.24. The molecule has 2 aromatic heterocycles. The summed E-state index contributed by atoms with van der Waals surface area (Å²) in [7, 11) is -4.56. The molecule has 0 saturated carbocycles. The van der Waals surface area contributed by atoms with Gasteiger partial charge in [-0.05, 0) is 24.3 Å². The van der Waals surface area contributed by atoms with Gasteiger partial charge in [0.25, 0.3) is 0 Å². The molecule has 0 fully saturated rings. The van der Waals surface area contributed by atoms with Crippen LogP contribution in [0.5, 0.6) is 5.75 Å². The molecule has 0 unspecified atom stereocenters. The summed E-state index contributed by atoms with van der Waals surface area (Å²) < 4.78 is 101. The highest BCUT2D eigenvalue weighted by atomic mass is 32.2. The number of hydrogen-bond donors (Lipinski definition) is 3. The molecule has 0 saturated heterocycles. The topological polar surface area (TPSA) is 146 Å². The molecule has 0 aliphatic carbocycles. The maximum absolute atomic E-state index is 13.0. The van der Waals surface area contributed by atoms with Gasteiger partial charge in [-0.2, -0.15) is 31.3 Å². The van der Waals surface area contributed by atoms with E-state index in [0.717, 1.165) is 16.7 Å². The van der Waals surface area contributed by atoms with E-state index in [1.807, 2.05) is 0 Å². The van der Waals surface area contributed by atoms with Gasteiger partial charge in [-0.15, -0.1) is 0 Å². The monoisotopic (exact) mass is 575 g/mol. The number of fused-ring (bicyclic) bond motifs is 1. The van der Waals surface area contributed by atoms with Gasteiger partial charge < -0.3 is 29.6 Å². The van der Waals surface area contributed by atoms with Crippen LogP contribution in [0.4, 0.5) is 32.3 Å². The van der Waals surface area contributed by atoms with Crippen molar-refractivity contribution in [3.05, 3.63) is 30.6 Å². The van der Waals surface area contributed by atoms with Gasteiger partial charge in [-0.1, -0.05) is 11.8 Å². The Morgan fingerprint density at radius 1 is 1.05 bits per heavy atom. The third kappa shape index (κ3) is 7.47. The molecule has 2 heterocycles. The van der Waals surface area contributed by atoms with Crippen LogP contribution in [0.15, 0.2) is 40.5 Å². The van der Waals surface area contributed by atoms with Crippen molar-refractivity contribution in [1.82, 2.24) is 19.5 Å². The summed E-state index contributed by atoms with van der Waals surface area (Å²) >= 11 is 1.16. The van der Waals surface area contributed by atoms with E-state index in [1.54, 1.807) is 24.3 Å². The first-order valence-electron chi connectivity index (χ1n) is 10.2. The van der Waals surface area contributed by atoms with Gasteiger partial charge in [0, 0.05) is 11.4 Å². The third-order valence-corrected chi connectivity index (χ3v) is 7.40. The molecule has 0 atom stereocenters. The SMILES string of the molecule is COc1ccc(Sc2nc(N)nc3c2ncn3CCOC(CC(F)(F)F)(CC(F)(F)F)P(=O)(O)O)cc1. The smallest absolute Gasteiger partial charge is 0.392 e. The number of imidazole rings is 1. The normalized spacial score (nSPS) is 13.3. The number of methoxy groups -OCH3 is 1. The van der Waals surface area contributed by atoms with Gasteiger partial charge in [0.15, 0.2) is 11.0 Å². The van der Waals surface area contributed by atoms with Gasteiger partial charge >= 0.3 is 19.9 Å². The van der Waals surface area contributed by atoms with E-state index < -0.39 is 51.3 Å². The number of alkyl halides is 6. The van der Waals surface area contributed by atoms with Gasteiger partial charge in [0.1, 0.15) is 16.3 Å². The van der Waals surface area contributed by atoms with Crippen LogP contribution in [0.2, 0.25) is 0 Å². The third-order valence-electron chi connectivity index (χ3n) is 4.91. The summed E-state index contributed by atoms with van der Waals surface area (Å²) in [6.07, 6.45) is -14.6. The molecule has 3 rings (SSSR count). The summed E-state index contributed by atoms with van der Waals surface area (Å²) in [5.74, 6) is 0.424. The molecule has 0 bridgehead atoms. The van der Waals surface area contributed by atoms with Crippen LogP contribution in [0.3, 0.4) is 0 Å². The summed E-state index contributed by atoms with van der Waals surface area (Å²) in [6.45, 7) is -1.38.